The molecule has 2 aromatic rings. The zero-order chi connectivity index (χ0) is 13.2. The highest BCUT2D eigenvalue weighted by atomic mass is 35.5. The number of aromatic nitrogens is 3. The molecule has 19 heavy (non-hydrogen) atoms. The number of rotatable bonds is 2. The number of piperidine rings is 1. The molecule has 1 saturated heterocycles. The molecule has 3 rings (SSSR count). The summed E-state index contributed by atoms with van der Waals surface area (Å²) in [6.45, 7) is 1.95. The topological polar surface area (TPSA) is 63.8 Å². The monoisotopic (exact) mass is 298 g/mol. The molecular formula is C12H12Cl2N4O. The van der Waals surface area contributed by atoms with Crippen molar-refractivity contribution in [2.45, 2.75) is 18.8 Å². The van der Waals surface area contributed by atoms with E-state index >= 15 is 0 Å². The quantitative estimate of drug-likeness (QED) is 0.923. The Morgan fingerprint density at radius 1 is 1.26 bits per heavy atom. The summed E-state index contributed by atoms with van der Waals surface area (Å²) in [4.78, 5) is 8.54. The van der Waals surface area contributed by atoms with Crippen LogP contribution in [0.5, 0.6) is 0 Å². The predicted molar refractivity (Wildman–Crippen MR) is 72.4 cm³/mol. The lowest BCUT2D eigenvalue weighted by Gasteiger charge is -2.18. The summed E-state index contributed by atoms with van der Waals surface area (Å²) in [5.41, 5.74) is 0.495. The summed E-state index contributed by atoms with van der Waals surface area (Å²) in [5, 5.41) is 8.16. The molecule has 1 fully saturated rings. The molecule has 0 saturated carbocycles. The molecule has 0 atom stereocenters. The summed E-state index contributed by atoms with van der Waals surface area (Å²) in [6, 6.07) is 1.62. The van der Waals surface area contributed by atoms with E-state index in [-0.39, 0.29) is 0 Å². The van der Waals surface area contributed by atoms with Gasteiger partial charge in [-0.15, -0.1) is 0 Å². The third-order valence-electron chi connectivity index (χ3n) is 3.15. The molecule has 7 heteroatoms. The maximum atomic E-state index is 6.08. The van der Waals surface area contributed by atoms with E-state index in [0.717, 1.165) is 25.9 Å². The van der Waals surface area contributed by atoms with Crippen LogP contribution >= 0.6 is 23.2 Å². The Hall–Kier alpha value is -1.17. The molecule has 2 aromatic heterocycles. The van der Waals surface area contributed by atoms with Crippen molar-refractivity contribution in [3.8, 4) is 11.5 Å². The third-order valence-corrected chi connectivity index (χ3v) is 3.64. The lowest BCUT2D eigenvalue weighted by atomic mass is 9.98. The van der Waals surface area contributed by atoms with Crippen molar-refractivity contribution in [2.24, 2.45) is 0 Å². The van der Waals surface area contributed by atoms with Crippen LogP contribution in [-0.2, 0) is 0 Å². The minimum Gasteiger partial charge on any atom is -0.339 e. The highest BCUT2D eigenvalue weighted by Crippen LogP contribution is 2.29. The van der Waals surface area contributed by atoms with Crippen LogP contribution in [0.1, 0.15) is 24.7 Å². The Morgan fingerprint density at radius 3 is 2.79 bits per heavy atom. The lowest BCUT2D eigenvalue weighted by molar-refractivity contribution is 0.320. The van der Waals surface area contributed by atoms with Crippen molar-refractivity contribution < 1.29 is 4.52 Å². The summed E-state index contributed by atoms with van der Waals surface area (Å²) in [5.74, 6) is 1.38. The molecule has 1 aliphatic heterocycles. The van der Waals surface area contributed by atoms with Gasteiger partial charge in [0.2, 0.25) is 11.7 Å². The minimum atomic E-state index is 0.313. The first-order valence-electron chi connectivity index (χ1n) is 6.10. The Morgan fingerprint density at radius 2 is 2.05 bits per heavy atom. The number of hydrogen-bond acceptors (Lipinski definition) is 5. The van der Waals surface area contributed by atoms with Crippen LogP contribution in [-0.4, -0.2) is 28.2 Å². The van der Waals surface area contributed by atoms with Gasteiger partial charge in [0.25, 0.3) is 0 Å². The summed E-state index contributed by atoms with van der Waals surface area (Å²) < 4.78 is 5.32. The van der Waals surface area contributed by atoms with E-state index in [1.165, 1.54) is 6.20 Å². The van der Waals surface area contributed by atoms with E-state index in [9.17, 15) is 0 Å². The van der Waals surface area contributed by atoms with Crippen LogP contribution in [0.4, 0.5) is 0 Å². The highest BCUT2D eigenvalue weighted by molar-refractivity contribution is 6.35. The molecule has 0 aliphatic carbocycles. The Balaban J connectivity index is 1.87. The van der Waals surface area contributed by atoms with Crippen molar-refractivity contribution >= 4 is 23.2 Å². The zero-order valence-corrected chi connectivity index (χ0v) is 11.6. The van der Waals surface area contributed by atoms with Crippen LogP contribution < -0.4 is 5.32 Å². The first-order valence-corrected chi connectivity index (χ1v) is 6.85. The summed E-state index contributed by atoms with van der Waals surface area (Å²) in [6.07, 6.45) is 3.52. The first kappa shape index (κ1) is 12.8. The maximum absolute atomic E-state index is 6.08. The van der Waals surface area contributed by atoms with Gasteiger partial charge in [-0.05, 0) is 32.0 Å². The minimum absolute atomic E-state index is 0.313. The van der Waals surface area contributed by atoms with Gasteiger partial charge >= 0.3 is 0 Å². The molecule has 1 aliphatic rings. The molecule has 1 N–H and O–H groups in total. The average Bonchev–Trinajstić information content (AvgIpc) is 2.89. The molecule has 0 unspecified atom stereocenters. The maximum Gasteiger partial charge on any atom is 0.230 e. The number of halogens is 2. The van der Waals surface area contributed by atoms with Gasteiger partial charge in [-0.25, -0.2) is 4.98 Å². The van der Waals surface area contributed by atoms with Crippen molar-refractivity contribution in [1.29, 1.82) is 0 Å². The van der Waals surface area contributed by atoms with Gasteiger partial charge in [0.05, 0.1) is 10.0 Å². The van der Waals surface area contributed by atoms with E-state index in [0.29, 0.717) is 33.4 Å². The van der Waals surface area contributed by atoms with Crippen molar-refractivity contribution in [3.05, 3.63) is 28.2 Å². The van der Waals surface area contributed by atoms with Gasteiger partial charge in [0.15, 0.2) is 0 Å². The molecule has 0 radical (unpaired) electrons. The molecular weight excluding hydrogens is 287 g/mol. The van der Waals surface area contributed by atoms with Crippen molar-refractivity contribution in [3.63, 3.8) is 0 Å². The number of nitrogens with zero attached hydrogens (tertiary/aromatic N) is 3. The second-order valence-electron chi connectivity index (χ2n) is 4.46. The second-order valence-corrected chi connectivity index (χ2v) is 5.31. The van der Waals surface area contributed by atoms with E-state index in [1.807, 2.05) is 0 Å². The third kappa shape index (κ3) is 2.73. The van der Waals surface area contributed by atoms with E-state index < -0.39 is 0 Å². The van der Waals surface area contributed by atoms with Gasteiger partial charge < -0.3 is 9.84 Å². The summed E-state index contributed by atoms with van der Waals surface area (Å²) in [7, 11) is 0. The average molecular weight is 299 g/mol. The number of nitrogens with one attached hydrogen (secondary N) is 1. The van der Waals surface area contributed by atoms with Gasteiger partial charge in [-0.2, -0.15) is 4.98 Å². The van der Waals surface area contributed by atoms with Gasteiger partial charge in [0, 0.05) is 12.1 Å². The van der Waals surface area contributed by atoms with E-state index in [2.05, 4.69) is 20.4 Å². The Bertz CT molecular complexity index is 581. The van der Waals surface area contributed by atoms with Gasteiger partial charge in [0.1, 0.15) is 5.69 Å². The zero-order valence-electron chi connectivity index (χ0n) is 10.1. The molecule has 0 amide bonds. The van der Waals surface area contributed by atoms with E-state index in [1.54, 1.807) is 6.07 Å². The van der Waals surface area contributed by atoms with Crippen LogP contribution in [0.2, 0.25) is 10.0 Å². The number of hydrogen-bond donors (Lipinski definition) is 1. The van der Waals surface area contributed by atoms with Crippen molar-refractivity contribution in [1.82, 2.24) is 20.4 Å². The smallest absolute Gasteiger partial charge is 0.230 e. The molecule has 100 valence electrons. The Labute approximate surface area is 120 Å². The first-order chi connectivity index (χ1) is 9.24. The SMILES string of the molecule is Clc1cnc(-c2noc(C3CCNCC3)n2)c(Cl)c1. The molecule has 0 spiro atoms. The number of pyridine rings is 1. The van der Waals surface area contributed by atoms with Crippen LogP contribution in [0.15, 0.2) is 16.8 Å². The van der Waals surface area contributed by atoms with Gasteiger partial charge in [-0.3, -0.25) is 0 Å². The standard InChI is InChI=1S/C12H12Cl2N4O/c13-8-5-9(14)10(16-6-8)11-17-12(19-18-11)7-1-3-15-4-2-7/h5-7,15H,1-4H2. The lowest BCUT2D eigenvalue weighted by Crippen LogP contribution is -2.26. The van der Waals surface area contributed by atoms with Gasteiger partial charge in [-0.1, -0.05) is 28.4 Å². The highest BCUT2D eigenvalue weighted by Gasteiger charge is 2.22. The Kier molecular flexibility index (Phi) is 3.68. The second kappa shape index (κ2) is 5.45. The summed E-state index contributed by atoms with van der Waals surface area (Å²) >= 11 is 11.9. The predicted octanol–water partition coefficient (Wildman–Crippen LogP) is 2.91. The largest absolute Gasteiger partial charge is 0.339 e. The van der Waals surface area contributed by atoms with Crippen LogP contribution in [0.25, 0.3) is 11.5 Å². The molecule has 0 bridgehead atoms. The molecule has 5 nitrogen and oxygen atoms in total. The fourth-order valence-electron chi connectivity index (χ4n) is 2.15. The van der Waals surface area contributed by atoms with E-state index in [4.69, 9.17) is 27.7 Å². The fraction of sp³-hybridized carbons (Fsp3) is 0.417. The fourth-order valence-corrected chi connectivity index (χ4v) is 2.61. The molecule has 3 heterocycles. The normalized spacial score (nSPS) is 16.7. The van der Waals surface area contributed by atoms with Crippen LogP contribution in [0, 0.1) is 0 Å². The van der Waals surface area contributed by atoms with Crippen molar-refractivity contribution in [2.75, 3.05) is 13.1 Å². The molecule has 0 aromatic carbocycles. The van der Waals surface area contributed by atoms with Crippen LogP contribution in [0.3, 0.4) is 0 Å².